The molecule has 1 aromatic carbocycles. The molecular formula is C15H12ClF3N4O2S. The van der Waals surface area contributed by atoms with Gasteiger partial charge in [0.25, 0.3) is 10.0 Å². The zero-order chi connectivity index (χ0) is 19.1. The smallest absolute Gasteiger partial charge is 0.263 e. The third-order valence-electron chi connectivity index (χ3n) is 3.56. The zero-order valence-corrected chi connectivity index (χ0v) is 14.8. The highest BCUT2D eigenvalue weighted by molar-refractivity contribution is 7.92. The van der Waals surface area contributed by atoms with Gasteiger partial charge >= 0.3 is 6.18 Å². The summed E-state index contributed by atoms with van der Waals surface area (Å²) >= 11 is 5.53. The maximum atomic E-state index is 13.0. The quantitative estimate of drug-likeness (QED) is 0.718. The summed E-state index contributed by atoms with van der Waals surface area (Å²) in [6, 6.07) is 5.42. The normalized spacial score (nSPS) is 12.5. The summed E-state index contributed by atoms with van der Waals surface area (Å²) in [5.41, 5.74) is -0.126. The molecule has 11 heteroatoms. The van der Waals surface area contributed by atoms with Crippen LogP contribution in [0.5, 0.6) is 0 Å². The summed E-state index contributed by atoms with van der Waals surface area (Å²) < 4.78 is 67.5. The molecular weight excluding hydrogens is 393 g/mol. The summed E-state index contributed by atoms with van der Waals surface area (Å²) in [5.74, 6) is 0.0539. The molecule has 0 aliphatic carbocycles. The lowest BCUT2D eigenvalue weighted by Gasteiger charge is -2.13. The van der Waals surface area contributed by atoms with E-state index in [1.54, 1.807) is 6.07 Å². The van der Waals surface area contributed by atoms with E-state index in [0.29, 0.717) is 23.8 Å². The topological polar surface area (TPSA) is 76.4 Å². The van der Waals surface area contributed by atoms with Crippen LogP contribution in [0, 0.1) is 0 Å². The molecule has 0 atom stereocenters. The molecule has 0 aliphatic heterocycles. The lowest BCUT2D eigenvalue weighted by Crippen LogP contribution is -2.17. The van der Waals surface area contributed by atoms with Crippen LogP contribution in [0.25, 0.3) is 5.65 Å². The second kappa shape index (κ2) is 6.44. The second-order valence-electron chi connectivity index (χ2n) is 5.33. The summed E-state index contributed by atoms with van der Waals surface area (Å²) in [4.78, 5) is 3.50. The van der Waals surface area contributed by atoms with Gasteiger partial charge in [-0.2, -0.15) is 22.8 Å². The second-order valence-corrected chi connectivity index (χ2v) is 7.42. The van der Waals surface area contributed by atoms with Gasteiger partial charge in [0.15, 0.2) is 5.65 Å². The molecule has 26 heavy (non-hydrogen) atoms. The fraction of sp³-hybridized carbons (Fsp3) is 0.200. The zero-order valence-electron chi connectivity index (χ0n) is 13.2. The Bertz CT molecular complexity index is 1080. The number of anilines is 1. The van der Waals surface area contributed by atoms with Crippen LogP contribution in [0.4, 0.5) is 19.0 Å². The minimum atomic E-state index is -4.77. The van der Waals surface area contributed by atoms with E-state index < -0.39 is 31.7 Å². The van der Waals surface area contributed by atoms with E-state index in [9.17, 15) is 21.6 Å². The highest BCUT2D eigenvalue weighted by atomic mass is 35.5. The largest absolute Gasteiger partial charge is 0.417 e. The number of hydrogen-bond acceptors (Lipinski definition) is 4. The van der Waals surface area contributed by atoms with Crippen LogP contribution < -0.4 is 4.72 Å². The summed E-state index contributed by atoms with van der Waals surface area (Å²) in [6.45, 7) is 1.87. The van der Waals surface area contributed by atoms with Crippen molar-refractivity contribution in [1.82, 2.24) is 14.6 Å². The first-order chi connectivity index (χ1) is 12.1. The number of rotatable bonds is 4. The number of aryl methyl sites for hydroxylation is 1. The van der Waals surface area contributed by atoms with Crippen LogP contribution >= 0.6 is 11.6 Å². The van der Waals surface area contributed by atoms with Crippen molar-refractivity contribution in [2.45, 2.75) is 24.4 Å². The molecule has 138 valence electrons. The Balaban J connectivity index is 2.04. The first-order valence-electron chi connectivity index (χ1n) is 7.35. The fourth-order valence-corrected chi connectivity index (χ4v) is 3.57. The van der Waals surface area contributed by atoms with E-state index in [2.05, 4.69) is 14.8 Å². The number of nitrogens with zero attached hydrogens (tertiary/aromatic N) is 3. The van der Waals surface area contributed by atoms with Gasteiger partial charge in [-0.1, -0.05) is 18.5 Å². The number of benzene rings is 1. The first kappa shape index (κ1) is 18.5. The molecule has 0 spiro atoms. The minimum absolute atomic E-state index is 0.0539. The van der Waals surface area contributed by atoms with Gasteiger partial charge in [-0.05, 0) is 30.7 Å². The molecule has 6 nitrogen and oxygen atoms in total. The maximum Gasteiger partial charge on any atom is 0.417 e. The van der Waals surface area contributed by atoms with Crippen LogP contribution in [0.15, 0.2) is 41.4 Å². The number of fused-ring (bicyclic) bond motifs is 1. The summed E-state index contributed by atoms with van der Waals surface area (Å²) in [6.07, 6.45) is -2.79. The lowest BCUT2D eigenvalue weighted by molar-refractivity contribution is -0.137. The van der Waals surface area contributed by atoms with Crippen LogP contribution in [0.1, 0.15) is 18.2 Å². The number of aromatic nitrogens is 3. The number of nitrogens with one attached hydrogen (secondary N) is 1. The van der Waals surface area contributed by atoms with Gasteiger partial charge in [0.05, 0.1) is 21.2 Å². The highest BCUT2D eigenvalue weighted by Gasteiger charge is 2.34. The van der Waals surface area contributed by atoms with Crippen molar-refractivity contribution in [3.63, 3.8) is 0 Å². The SMILES string of the molecule is CCc1cc2nccc(NS(=O)(=O)c3ccc(Cl)c(C(F)(F)F)c3)n2n1. The Labute approximate surface area is 151 Å². The van der Waals surface area contributed by atoms with Gasteiger partial charge in [-0.3, -0.25) is 4.72 Å². The molecule has 0 radical (unpaired) electrons. The number of hydrogen-bond donors (Lipinski definition) is 1. The van der Waals surface area contributed by atoms with Gasteiger partial charge < -0.3 is 0 Å². The molecule has 1 N–H and O–H groups in total. The lowest BCUT2D eigenvalue weighted by atomic mass is 10.2. The van der Waals surface area contributed by atoms with Gasteiger partial charge in [0.1, 0.15) is 5.82 Å². The molecule has 0 bridgehead atoms. The maximum absolute atomic E-state index is 13.0. The van der Waals surface area contributed by atoms with Gasteiger partial charge in [-0.25, -0.2) is 13.4 Å². The van der Waals surface area contributed by atoms with Gasteiger partial charge in [0, 0.05) is 12.3 Å². The molecule has 0 fully saturated rings. The predicted molar refractivity (Wildman–Crippen MR) is 89.6 cm³/mol. The van der Waals surface area contributed by atoms with Crippen molar-refractivity contribution in [3.8, 4) is 0 Å². The Hall–Kier alpha value is -2.33. The average Bonchev–Trinajstić information content (AvgIpc) is 2.98. The Kier molecular flexibility index (Phi) is 4.57. The Morgan fingerprint density at radius 2 is 1.96 bits per heavy atom. The van der Waals surface area contributed by atoms with Crippen LogP contribution in [0.2, 0.25) is 5.02 Å². The fourth-order valence-electron chi connectivity index (χ4n) is 2.28. The monoisotopic (exact) mass is 404 g/mol. The average molecular weight is 405 g/mol. The first-order valence-corrected chi connectivity index (χ1v) is 9.21. The van der Waals surface area contributed by atoms with Crippen molar-refractivity contribution in [2.75, 3.05) is 4.72 Å². The number of sulfonamides is 1. The van der Waals surface area contributed by atoms with E-state index >= 15 is 0 Å². The van der Waals surface area contributed by atoms with E-state index in [0.717, 1.165) is 12.1 Å². The van der Waals surface area contributed by atoms with Gasteiger partial charge in [0.2, 0.25) is 0 Å². The van der Waals surface area contributed by atoms with Gasteiger partial charge in [-0.15, -0.1) is 0 Å². The van der Waals surface area contributed by atoms with Crippen molar-refractivity contribution < 1.29 is 21.6 Å². The summed E-state index contributed by atoms with van der Waals surface area (Å²) in [7, 11) is -4.30. The molecule has 3 aromatic rings. The van der Waals surface area contributed by atoms with Crippen LogP contribution in [-0.2, 0) is 22.6 Å². The molecule has 0 saturated carbocycles. The molecule has 0 aliphatic rings. The van der Waals surface area contributed by atoms with Crippen molar-refractivity contribution >= 4 is 33.1 Å². The molecule has 0 unspecified atom stereocenters. The van der Waals surface area contributed by atoms with Crippen molar-refractivity contribution in [3.05, 3.63) is 52.8 Å². The third-order valence-corrected chi connectivity index (χ3v) is 5.25. The third kappa shape index (κ3) is 3.47. The molecule has 2 aromatic heterocycles. The summed E-state index contributed by atoms with van der Waals surface area (Å²) in [5, 5.41) is 3.62. The Morgan fingerprint density at radius 1 is 1.23 bits per heavy atom. The van der Waals surface area contributed by atoms with Crippen molar-refractivity contribution in [2.24, 2.45) is 0 Å². The Morgan fingerprint density at radius 3 is 2.62 bits per heavy atom. The van der Waals surface area contributed by atoms with E-state index in [1.807, 2.05) is 6.92 Å². The number of halogens is 4. The minimum Gasteiger partial charge on any atom is -0.263 e. The molecule has 3 rings (SSSR count). The van der Waals surface area contributed by atoms with E-state index in [1.165, 1.54) is 16.8 Å². The van der Waals surface area contributed by atoms with E-state index in [-0.39, 0.29) is 5.82 Å². The van der Waals surface area contributed by atoms with Crippen LogP contribution in [-0.4, -0.2) is 23.0 Å². The predicted octanol–water partition coefficient (Wildman–Crippen LogP) is 3.76. The highest BCUT2D eigenvalue weighted by Crippen LogP contribution is 2.36. The molecule has 2 heterocycles. The molecule has 0 saturated heterocycles. The standard InChI is InChI=1S/C15H12ClF3N4O2S/c1-2-9-7-14-20-6-5-13(23(14)21-9)22-26(24,25)10-3-4-12(16)11(8-10)15(17,18)19/h3-8,22H,2H2,1H3. The molecule has 0 amide bonds. The van der Waals surface area contributed by atoms with E-state index in [4.69, 9.17) is 11.6 Å². The number of alkyl halides is 3. The van der Waals surface area contributed by atoms with Crippen molar-refractivity contribution in [1.29, 1.82) is 0 Å². The van der Waals surface area contributed by atoms with Crippen LogP contribution in [0.3, 0.4) is 0 Å².